The van der Waals surface area contributed by atoms with Gasteiger partial charge in [-0.15, -0.1) is 10.2 Å². The molecule has 6 heteroatoms. The van der Waals surface area contributed by atoms with Crippen LogP contribution < -0.4 is 5.73 Å². The fourth-order valence-corrected chi connectivity index (χ4v) is 2.15. The minimum atomic E-state index is 0.600. The molecule has 4 nitrogen and oxygen atoms in total. The van der Waals surface area contributed by atoms with Crippen molar-refractivity contribution in [1.82, 2.24) is 15.2 Å². The molecular weight excluding hydrogens is 276 g/mol. The molecule has 0 bridgehead atoms. The first kappa shape index (κ1) is 10.7. The predicted octanol–water partition coefficient (Wildman–Crippen LogP) is 1.86. The zero-order valence-electron chi connectivity index (χ0n) is 7.85. The highest BCUT2D eigenvalue weighted by Gasteiger charge is 2.06. The number of halogens is 1. The van der Waals surface area contributed by atoms with Gasteiger partial charge in [-0.1, -0.05) is 11.3 Å². The zero-order valence-corrected chi connectivity index (χ0v) is 10.3. The molecule has 2 aromatic heterocycles. The van der Waals surface area contributed by atoms with Crippen molar-refractivity contribution < 1.29 is 0 Å². The molecule has 2 rings (SSSR count). The summed E-state index contributed by atoms with van der Waals surface area (Å²) < 4.78 is 0.956. The van der Waals surface area contributed by atoms with Crippen LogP contribution in [0.5, 0.6) is 0 Å². The van der Waals surface area contributed by atoms with Crippen molar-refractivity contribution >= 4 is 27.3 Å². The third-order valence-electron chi connectivity index (χ3n) is 1.77. The van der Waals surface area contributed by atoms with E-state index in [0.29, 0.717) is 6.54 Å². The number of pyridine rings is 1. The molecule has 2 aromatic rings. The molecular formula is C9H9BrN4S. The molecule has 0 saturated heterocycles. The van der Waals surface area contributed by atoms with Gasteiger partial charge in [0.1, 0.15) is 10.7 Å². The van der Waals surface area contributed by atoms with Gasteiger partial charge in [-0.25, -0.2) is 0 Å². The van der Waals surface area contributed by atoms with Gasteiger partial charge in [-0.3, -0.25) is 4.98 Å². The summed E-state index contributed by atoms with van der Waals surface area (Å²) in [5, 5.41) is 9.91. The highest BCUT2D eigenvalue weighted by atomic mass is 79.9. The van der Waals surface area contributed by atoms with Gasteiger partial charge >= 0.3 is 0 Å². The molecule has 0 aliphatic carbocycles. The van der Waals surface area contributed by atoms with Crippen molar-refractivity contribution in [3.05, 3.63) is 27.8 Å². The zero-order chi connectivity index (χ0) is 10.7. The van der Waals surface area contributed by atoms with E-state index in [1.807, 2.05) is 12.1 Å². The van der Waals surface area contributed by atoms with E-state index in [4.69, 9.17) is 5.73 Å². The normalized spacial score (nSPS) is 10.5. The maximum Gasteiger partial charge on any atom is 0.166 e. The number of aromatic nitrogens is 3. The van der Waals surface area contributed by atoms with Gasteiger partial charge in [0.15, 0.2) is 5.01 Å². The Balaban J connectivity index is 2.25. The summed E-state index contributed by atoms with van der Waals surface area (Å²) in [6, 6.07) is 3.85. The maximum absolute atomic E-state index is 5.45. The Morgan fingerprint density at radius 2 is 2.20 bits per heavy atom. The van der Waals surface area contributed by atoms with Crippen LogP contribution in [-0.4, -0.2) is 21.7 Å². The van der Waals surface area contributed by atoms with Crippen molar-refractivity contribution in [1.29, 1.82) is 0 Å². The first-order chi connectivity index (χ1) is 7.29. The lowest BCUT2D eigenvalue weighted by Gasteiger charge is -1.93. The Labute approximate surface area is 99.7 Å². The summed E-state index contributed by atoms with van der Waals surface area (Å²) in [5.41, 5.74) is 6.29. The number of nitrogens with zero attached hydrogens (tertiary/aromatic N) is 3. The largest absolute Gasteiger partial charge is 0.330 e. The highest BCUT2D eigenvalue weighted by molar-refractivity contribution is 9.10. The van der Waals surface area contributed by atoms with E-state index >= 15 is 0 Å². The van der Waals surface area contributed by atoms with E-state index in [1.165, 1.54) is 11.3 Å². The molecule has 0 fully saturated rings. The smallest absolute Gasteiger partial charge is 0.166 e. The Morgan fingerprint density at radius 1 is 1.33 bits per heavy atom. The molecule has 0 saturated carbocycles. The van der Waals surface area contributed by atoms with Gasteiger partial charge in [-0.2, -0.15) is 0 Å². The SMILES string of the molecule is NCCc1nnc(-c2ccc(Br)cn2)s1. The van der Waals surface area contributed by atoms with Crippen molar-refractivity contribution in [2.45, 2.75) is 6.42 Å². The molecule has 0 aliphatic rings. The first-order valence-electron chi connectivity index (χ1n) is 4.44. The average Bonchev–Trinajstić information content (AvgIpc) is 2.68. The number of hydrogen-bond donors (Lipinski definition) is 1. The third-order valence-corrected chi connectivity index (χ3v) is 3.25. The van der Waals surface area contributed by atoms with Crippen LogP contribution in [0.15, 0.2) is 22.8 Å². The highest BCUT2D eigenvalue weighted by Crippen LogP contribution is 2.22. The van der Waals surface area contributed by atoms with Crippen LogP contribution in [0.25, 0.3) is 10.7 Å². The van der Waals surface area contributed by atoms with Crippen molar-refractivity contribution in [2.24, 2.45) is 5.73 Å². The fourth-order valence-electron chi connectivity index (χ4n) is 1.08. The number of rotatable bonds is 3. The summed E-state index contributed by atoms with van der Waals surface area (Å²) in [5.74, 6) is 0. The van der Waals surface area contributed by atoms with E-state index in [0.717, 1.165) is 26.6 Å². The average molecular weight is 285 g/mol. The number of nitrogens with two attached hydrogens (primary N) is 1. The van der Waals surface area contributed by atoms with Crippen molar-refractivity contribution in [2.75, 3.05) is 6.54 Å². The molecule has 2 heterocycles. The molecule has 0 amide bonds. The quantitative estimate of drug-likeness (QED) is 0.935. The molecule has 0 aliphatic heterocycles. The summed E-state index contributed by atoms with van der Waals surface area (Å²) in [6.07, 6.45) is 2.52. The van der Waals surface area contributed by atoms with E-state index in [9.17, 15) is 0 Å². The van der Waals surface area contributed by atoms with Gasteiger partial charge in [0, 0.05) is 17.1 Å². The van der Waals surface area contributed by atoms with Crippen LogP contribution in [-0.2, 0) is 6.42 Å². The van der Waals surface area contributed by atoms with Crippen LogP contribution in [0.3, 0.4) is 0 Å². The van der Waals surface area contributed by atoms with Gasteiger partial charge in [0.25, 0.3) is 0 Å². The molecule has 15 heavy (non-hydrogen) atoms. The molecule has 0 aromatic carbocycles. The van der Waals surface area contributed by atoms with Crippen molar-refractivity contribution in [3.63, 3.8) is 0 Å². The second-order valence-electron chi connectivity index (χ2n) is 2.90. The van der Waals surface area contributed by atoms with Gasteiger partial charge in [0.05, 0.1) is 0 Å². The second-order valence-corrected chi connectivity index (χ2v) is 4.88. The van der Waals surface area contributed by atoms with Crippen LogP contribution in [0.4, 0.5) is 0 Å². The van der Waals surface area contributed by atoms with E-state index in [-0.39, 0.29) is 0 Å². The van der Waals surface area contributed by atoms with Gasteiger partial charge < -0.3 is 5.73 Å². The van der Waals surface area contributed by atoms with E-state index in [1.54, 1.807) is 6.20 Å². The Bertz CT molecular complexity index is 440. The lowest BCUT2D eigenvalue weighted by molar-refractivity contribution is 0.913. The Hall–Kier alpha value is -0.850. The number of hydrogen-bond acceptors (Lipinski definition) is 5. The van der Waals surface area contributed by atoms with Crippen LogP contribution >= 0.6 is 27.3 Å². The summed E-state index contributed by atoms with van der Waals surface area (Å²) in [7, 11) is 0. The van der Waals surface area contributed by atoms with Crippen LogP contribution in [0.1, 0.15) is 5.01 Å². The molecule has 0 radical (unpaired) electrons. The topological polar surface area (TPSA) is 64.7 Å². The summed E-state index contributed by atoms with van der Waals surface area (Å²) in [6.45, 7) is 0.600. The minimum Gasteiger partial charge on any atom is -0.330 e. The summed E-state index contributed by atoms with van der Waals surface area (Å²) in [4.78, 5) is 4.25. The van der Waals surface area contributed by atoms with Crippen molar-refractivity contribution in [3.8, 4) is 10.7 Å². The van der Waals surface area contributed by atoms with Crippen LogP contribution in [0, 0.1) is 0 Å². The molecule has 2 N–H and O–H groups in total. The fraction of sp³-hybridized carbons (Fsp3) is 0.222. The van der Waals surface area contributed by atoms with Crippen LogP contribution in [0.2, 0.25) is 0 Å². The third kappa shape index (κ3) is 2.58. The molecule has 78 valence electrons. The minimum absolute atomic E-state index is 0.600. The lowest BCUT2D eigenvalue weighted by atomic mass is 10.4. The molecule has 0 spiro atoms. The Kier molecular flexibility index (Phi) is 3.40. The molecule has 0 unspecified atom stereocenters. The van der Waals surface area contributed by atoms with Gasteiger partial charge in [0.2, 0.25) is 0 Å². The standard InChI is InChI=1S/C9H9BrN4S/c10-6-1-2-7(12-5-6)9-14-13-8(15-9)3-4-11/h1-2,5H,3-4,11H2. The Morgan fingerprint density at radius 3 is 2.87 bits per heavy atom. The predicted molar refractivity (Wildman–Crippen MR) is 63.6 cm³/mol. The van der Waals surface area contributed by atoms with E-state index < -0.39 is 0 Å². The summed E-state index contributed by atoms with van der Waals surface area (Å²) >= 11 is 4.87. The van der Waals surface area contributed by atoms with E-state index in [2.05, 4.69) is 31.1 Å². The lowest BCUT2D eigenvalue weighted by Crippen LogP contribution is -2.01. The monoisotopic (exact) mass is 284 g/mol. The second kappa shape index (κ2) is 4.78. The maximum atomic E-state index is 5.45. The van der Waals surface area contributed by atoms with Gasteiger partial charge in [-0.05, 0) is 34.6 Å². The molecule has 0 atom stereocenters. The first-order valence-corrected chi connectivity index (χ1v) is 6.05.